The van der Waals surface area contributed by atoms with Crippen molar-refractivity contribution in [3.8, 4) is 0 Å². The number of ether oxygens (including phenoxy) is 1. The Morgan fingerprint density at radius 3 is 2.73 bits per heavy atom. The zero-order valence-electron chi connectivity index (χ0n) is 18.6. The zero-order valence-corrected chi connectivity index (χ0v) is 18.6. The first-order valence-electron chi connectivity index (χ1n) is 12.1. The van der Waals surface area contributed by atoms with Gasteiger partial charge in [-0.15, -0.1) is 0 Å². The fourth-order valence-electron chi connectivity index (χ4n) is 8.56. The lowest BCUT2D eigenvalue weighted by Crippen LogP contribution is -2.52. The second-order valence-electron chi connectivity index (χ2n) is 11.2. The number of carbonyl (C=O) groups is 1. The van der Waals surface area contributed by atoms with Crippen LogP contribution >= 0.6 is 0 Å². The molecule has 5 heteroatoms. The Balaban J connectivity index is 1.29. The number of Topliss-reactive ketones (excluding diaryl/α,β-unsaturated/α-hetero) is 1. The highest BCUT2D eigenvalue weighted by Crippen LogP contribution is 2.64. The van der Waals surface area contributed by atoms with E-state index in [0.29, 0.717) is 30.8 Å². The minimum absolute atomic E-state index is 0.178. The van der Waals surface area contributed by atoms with Gasteiger partial charge in [-0.3, -0.25) is 4.79 Å². The van der Waals surface area contributed by atoms with Crippen LogP contribution in [-0.2, 0) is 16.1 Å². The maximum Gasteiger partial charge on any atom is 0.156 e. The van der Waals surface area contributed by atoms with E-state index in [1.165, 1.54) is 32.1 Å². The van der Waals surface area contributed by atoms with Crippen molar-refractivity contribution in [1.29, 1.82) is 0 Å². The fraction of sp³-hybridized carbons (Fsp3) is 0.840. The molecule has 1 aromatic rings. The molecule has 0 bridgehead atoms. The lowest BCUT2D eigenvalue weighted by molar-refractivity contribution is -0.136. The lowest BCUT2D eigenvalue weighted by Gasteiger charge is -2.57. The quantitative estimate of drug-likeness (QED) is 0.788. The van der Waals surface area contributed by atoms with Crippen LogP contribution in [0, 0.1) is 40.9 Å². The normalized spacial score (nSPS) is 45.4. The largest absolute Gasteiger partial charge is 0.387 e. The number of imidazole rings is 1. The third kappa shape index (κ3) is 3.37. The summed E-state index contributed by atoms with van der Waals surface area (Å²) in [4.78, 5) is 17.3. The number of aromatic nitrogens is 2. The molecule has 0 radical (unpaired) electrons. The number of nitrogens with zero attached hydrogens (tertiary/aromatic N) is 2. The first-order valence-corrected chi connectivity index (χ1v) is 12.1. The number of methoxy groups -OCH3 is 1. The maximum absolute atomic E-state index is 13.2. The van der Waals surface area contributed by atoms with Crippen molar-refractivity contribution < 1.29 is 14.6 Å². The molecular formula is C25H38N2O3. The summed E-state index contributed by atoms with van der Waals surface area (Å²) in [5.41, 5.74) is -0.429. The van der Waals surface area contributed by atoms with E-state index in [0.717, 1.165) is 43.4 Å². The number of fused-ring (bicyclic) bond motifs is 5. The lowest BCUT2D eigenvalue weighted by atomic mass is 9.49. The van der Waals surface area contributed by atoms with E-state index in [4.69, 9.17) is 4.74 Å². The number of hydrogen-bond donors (Lipinski definition) is 1. The van der Waals surface area contributed by atoms with Gasteiger partial charge in [0.1, 0.15) is 0 Å². The summed E-state index contributed by atoms with van der Waals surface area (Å²) in [5, 5.41) is 10.9. The molecular weight excluding hydrogens is 376 g/mol. The van der Waals surface area contributed by atoms with Crippen LogP contribution in [0.15, 0.2) is 18.7 Å². The van der Waals surface area contributed by atoms with Gasteiger partial charge in [0.25, 0.3) is 0 Å². The molecule has 0 unspecified atom stereocenters. The van der Waals surface area contributed by atoms with Crippen molar-refractivity contribution in [2.75, 3.05) is 13.7 Å². The second-order valence-corrected chi connectivity index (χ2v) is 11.2. The van der Waals surface area contributed by atoms with Crippen molar-refractivity contribution in [3.63, 3.8) is 0 Å². The molecule has 0 amide bonds. The van der Waals surface area contributed by atoms with Gasteiger partial charge in [-0.1, -0.05) is 6.92 Å². The molecule has 0 saturated heterocycles. The van der Waals surface area contributed by atoms with Gasteiger partial charge in [0.15, 0.2) is 5.78 Å². The van der Waals surface area contributed by atoms with Crippen molar-refractivity contribution in [3.05, 3.63) is 18.7 Å². The zero-order chi connectivity index (χ0) is 20.9. The Morgan fingerprint density at radius 1 is 1.13 bits per heavy atom. The maximum atomic E-state index is 13.2. The topological polar surface area (TPSA) is 64.3 Å². The van der Waals surface area contributed by atoms with Crippen molar-refractivity contribution in [1.82, 2.24) is 9.55 Å². The second kappa shape index (κ2) is 7.74. The van der Waals surface area contributed by atoms with E-state index in [2.05, 4.69) is 11.9 Å². The average molecular weight is 415 g/mol. The van der Waals surface area contributed by atoms with Crippen molar-refractivity contribution in [2.45, 2.75) is 76.9 Å². The first kappa shape index (κ1) is 20.7. The number of rotatable bonds is 5. The van der Waals surface area contributed by atoms with Crippen LogP contribution in [0.3, 0.4) is 0 Å². The van der Waals surface area contributed by atoms with E-state index < -0.39 is 5.60 Å². The highest BCUT2D eigenvalue weighted by atomic mass is 16.5. The Kier molecular flexibility index (Phi) is 5.34. The van der Waals surface area contributed by atoms with Gasteiger partial charge < -0.3 is 14.4 Å². The van der Waals surface area contributed by atoms with Gasteiger partial charge in [0.2, 0.25) is 0 Å². The van der Waals surface area contributed by atoms with Crippen LogP contribution in [0.4, 0.5) is 0 Å². The molecule has 0 spiro atoms. The smallest absolute Gasteiger partial charge is 0.156 e. The number of carbonyl (C=O) groups excluding carboxylic acids is 1. The highest BCUT2D eigenvalue weighted by molar-refractivity contribution is 5.82. The average Bonchev–Trinajstić information content (AvgIpc) is 3.34. The Bertz CT molecular complexity index is 764. The first-order chi connectivity index (χ1) is 14.4. The number of ketones is 1. The SMILES string of the molecule is COC[C@@]1(O)CC[C@H]2[C@@H](CC[C@@H]3[C@@H]2CC[C@]2(C)[C@@H](C(=O)Cn4ccnc4)CC[C@@H]32)C1. The number of hydrogen-bond acceptors (Lipinski definition) is 4. The molecule has 1 heterocycles. The summed E-state index contributed by atoms with van der Waals surface area (Å²) in [6, 6.07) is 0. The molecule has 4 fully saturated rings. The molecule has 5 rings (SSSR count). The minimum atomic E-state index is -0.607. The summed E-state index contributed by atoms with van der Waals surface area (Å²) in [6.07, 6.45) is 15.7. The van der Waals surface area contributed by atoms with Crippen LogP contribution < -0.4 is 0 Å². The van der Waals surface area contributed by atoms with Crippen LogP contribution in [0.25, 0.3) is 0 Å². The van der Waals surface area contributed by atoms with E-state index in [1.807, 2.05) is 10.8 Å². The summed E-state index contributed by atoms with van der Waals surface area (Å²) in [6.45, 7) is 3.39. The molecule has 4 aliphatic carbocycles. The fourth-order valence-corrected chi connectivity index (χ4v) is 8.56. The Morgan fingerprint density at radius 2 is 1.97 bits per heavy atom. The summed E-state index contributed by atoms with van der Waals surface area (Å²) in [5.74, 6) is 4.33. The Labute approximate surface area is 180 Å². The molecule has 4 saturated carbocycles. The van der Waals surface area contributed by atoms with E-state index in [-0.39, 0.29) is 11.3 Å². The van der Waals surface area contributed by atoms with Gasteiger partial charge in [0.05, 0.1) is 25.1 Å². The Hall–Kier alpha value is -1.20. The van der Waals surface area contributed by atoms with Crippen LogP contribution in [0.1, 0.15) is 64.7 Å². The van der Waals surface area contributed by atoms with Crippen molar-refractivity contribution in [2.24, 2.45) is 40.9 Å². The van der Waals surface area contributed by atoms with Crippen LogP contribution in [0.2, 0.25) is 0 Å². The van der Waals surface area contributed by atoms with Gasteiger partial charge in [0, 0.05) is 25.4 Å². The molecule has 0 aromatic carbocycles. The third-order valence-electron chi connectivity index (χ3n) is 9.80. The van der Waals surface area contributed by atoms with Gasteiger partial charge in [-0.05, 0) is 92.8 Å². The van der Waals surface area contributed by atoms with E-state index in [1.54, 1.807) is 19.6 Å². The van der Waals surface area contributed by atoms with Gasteiger partial charge in [-0.25, -0.2) is 4.98 Å². The molecule has 0 aliphatic heterocycles. The third-order valence-corrected chi connectivity index (χ3v) is 9.80. The van der Waals surface area contributed by atoms with Gasteiger partial charge in [-0.2, -0.15) is 0 Å². The monoisotopic (exact) mass is 414 g/mol. The highest BCUT2D eigenvalue weighted by Gasteiger charge is 2.58. The molecule has 8 atom stereocenters. The summed E-state index contributed by atoms with van der Waals surface area (Å²) < 4.78 is 7.25. The van der Waals surface area contributed by atoms with Crippen molar-refractivity contribution >= 4 is 5.78 Å². The molecule has 166 valence electrons. The molecule has 4 aliphatic rings. The summed E-state index contributed by atoms with van der Waals surface area (Å²) >= 11 is 0. The standard InChI is InChI=1S/C25H38N2O3/c1-24-9-7-19-18-8-10-25(29,15-30-2)13-17(18)3-4-20(19)21(24)5-6-22(24)23(28)14-27-12-11-26-16-27/h11-12,16-22,29H,3-10,13-15H2,1-2H3/t17-,18-,19+,20+,21-,22+,24-,25+/m0/s1. The number of aliphatic hydroxyl groups is 1. The predicted octanol–water partition coefficient (Wildman–Crippen LogP) is 4.10. The van der Waals surface area contributed by atoms with Crippen LogP contribution in [-0.4, -0.2) is 39.8 Å². The molecule has 30 heavy (non-hydrogen) atoms. The predicted molar refractivity (Wildman–Crippen MR) is 115 cm³/mol. The van der Waals surface area contributed by atoms with E-state index in [9.17, 15) is 9.90 Å². The van der Waals surface area contributed by atoms with Gasteiger partial charge >= 0.3 is 0 Å². The molecule has 5 nitrogen and oxygen atoms in total. The molecule has 1 aromatic heterocycles. The minimum Gasteiger partial charge on any atom is -0.387 e. The van der Waals surface area contributed by atoms with E-state index >= 15 is 0 Å². The van der Waals surface area contributed by atoms with Crippen LogP contribution in [0.5, 0.6) is 0 Å². The summed E-state index contributed by atoms with van der Waals surface area (Å²) in [7, 11) is 1.70. The molecule has 1 N–H and O–H groups in total.